The summed E-state index contributed by atoms with van der Waals surface area (Å²) in [5.41, 5.74) is 2.01. The topological polar surface area (TPSA) is 55.8 Å². The molecule has 120 valence electrons. The van der Waals surface area contributed by atoms with Crippen molar-refractivity contribution >= 4 is 17.4 Å². The summed E-state index contributed by atoms with van der Waals surface area (Å²) in [6, 6.07) is 7.93. The molecule has 2 heterocycles. The summed E-state index contributed by atoms with van der Waals surface area (Å²) >= 11 is 0. The van der Waals surface area contributed by atoms with E-state index in [1.165, 1.54) is 24.9 Å². The van der Waals surface area contributed by atoms with E-state index < -0.39 is 0 Å². The van der Waals surface area contributed by atoms with Gasteiger partial charge in [0, 0.05) is 31.0 Å². The van der Waals surface area contributed by atoms with E-state index >= 15 is 0 Å². The van der Waals surface area contributed by atoms with Gasteiger partial charge in [-0.25, -0.2) is 4.79 Å². The predicted molar refractivity (Wildman–Crippen MR) is 88.3 cm³/mol. The fourth-order valence-electron chi connectivity index (χ4n) is 3.42. The summed E-state index contributed by atoms with van der Waals surface area (Å²) in [5, 5.41) is 12.3. The number of carbonyl (C=O) groups excluding carboxylic acids is 1. The number of benzene rings is 1. The average Bonchev–Trinajstić information content (AvgIpc) is 3.05. The molecule has 0 unspecified atom stereocenters. The van der Waals surface area contributed by atoms with Crippen LogP contribution in [-0.2, 0) is 0 Å². The second kappa shape index (κ2) is 7.01. The second-order valence-electron chi connectivity index (χ2n) is 6.20. The van der Waals surface area contributed by atoms with Crippen molar-refractivity contribution in [2.75, 3.05) is 36.5 Å². The van der Waals surface area contributed by atoms with Gasteiger partial charge in [-0.2, -0.15) is 0 Å². The number of amides is 2. The molecular weight excluding hydrogens is 278 g/mol. The standard InChI is InChI=1S/C17H25N3O2/c21-13-16-8-5-11-20(16)17(22)18-14-6-4-7-15(12-14)19-9-2-1-3-10-19/h4,6-7,12,16,21H,1-3,5,8-11,13H2,(H,18,22)/t16-/m0/s1. The minimum Gasteiger partial charge on any atom is -0.394 e. The summed E-state index contributed by atoms with van der Waals surface area (Å²) in [5.74, 6) is 0. The number of piperidine rings is 1. The van der Waals surface area contributed by atoms with Crippen LogP contribution in [0.5, 0.6) is 0 Å². The van der Waals surface area contributed by atoms with Crippen LogP contribution >= 0.6 is 0 Å². The minimum absolute atomic E-state index is 0.0368. The zero-order valence-electron chi connectivity index (χ0n) is 13.0. The lowest BCUT2D eigenvalue weighted by Gasteiger charge is -2.29. The Labute approximate surface area is 131 Å². The molecule has 2 fully saturated rings. The van der Waals surface area contributed by atoms with E-state index in [-0.39, 0.29) is 18.7 Å². The molecule has 2 saturated heterocycles. The van der Waals surface area contributed by atoms with E-state index in [1.807, 2.05) is 18.2 Å². The van der Waals surface area contributed by atoms with Crippen LogP contribution in [0.1, 0.15) is 32.1 Å². The van der Waals surface area contributed by atoms with Crippen LogP contribution < -0.4 is 10.2 Å². The number of nitrogens with one attached hydrogen (secondary N) is 1. The number of likely N-dealkylation sites (tertiary alicyclic amines) is 1. The number of aliphatic hydroxyl groups is 1. The Hall–Kier alpha value is -1.75. The molecule has 0 bridgehead atoms. The molecule has 0 saturated carbocycles. The lowest BCUT2D eigenvalue weighted by Crippen LogP contribution is -2.40. The highest BCUT2D eigenvalue weighted by molar-refractivity contribution is 5.90. The van der Waals surface area contributed by atoms with Gasteiger partial charge < -0.3 is 20.2 Å². The first-order valence-corrected chi connectivity index (χ1v) is 8.31. The van der Waals surface area contributed by atoms with Gasteiger partial charge in [-0.1, -0.05) is 6.07 Å². The van der Waals surface area contributed by atoms with Crippen molar-refractivity contribution in [3.05, 3.63) is 24.3 Å². The van der Waals surface area contributed by atoms with Crippen LogP contribution in [0.25, 0.3) is 0 Å². The molecule has 2 aliphatic rings. The molecule has 2 aliphatic heterocycles. The molecule has 3 rings (SSSR count). The van der Waals surface area contributed by atoms with Gasteiger partial charge in [-0.15, -0.1) is 0 Å². The lowest BCUT2D eigenvalue weighted by molar-refractivity contribution is 0.166. The van der Waals surface area contributed by atoms with Gasteiger partial charge in [0.25, 0.3) is 0 Å². The van der Waals surface area contributed by atoms with Gasteiger partial charge in [0.2, 0.25) is 0 Å². The van der Waals surface area contributed by atoms with Gasteiger partial charge in [0.15, 0.2) is 0 Å². The van der Waals surface area contributed by atoms with E-state index in [9.17, 15) is 9.90 Å². The third-order valence-corrected chi connectivity index (χ3v) is 4.67. The maximum atomic E-state index is 12.4. The Morgan fingerprint density at radius 1 is 1.18 bits per heavy atom. The molecule has 5 heteroatoms. The monoisotopic (exact) mass is 303 g/mol. The summed E-state index contributed by atoms with van der Waals surface area (Å²) in [6.07, 6.45) is 5.64. The van der Waals surface area contributed by atoms with E-state index in [1.54, 1.807) is 4.90 Å². The third kappa shape index (κ3) is 3.35. The van der Waals surface area contributed by atoms with Crippen molar-refractivity contribution in [2.45, 2.75) is 38.1 Å². The van der Waals surface area contributed by atoms with Gasteiger partial charge >= 0.3 is 6.03 Å². The summed E-state index contributed by atoms with van der Waals surface area (Å²) < 4.78 is 0. The molecule has 2 N–H and O–H groups in total. The number of nitrogens with zero attached hydrogens (tertiary/aromatic N) is 2. The highest BCUT2D eigenvalue weighted by Gasteiger charge is 2.28. The van der Waals surface area contributed by atoms with Gasteiger partial charge in [-0.3, -0.25) is 0 Å². The Bertz CT molecular complexity index is 514. The Morgan fingerprint density at radius 2 is 2.00 bits per heavy atom. The van der Waals surface area contributed by atoms with E-state index in [0.29, 0.717) is 0 Å². The summed E-state index contributed by atoms with van der Waals surface area (Å²) in [6.45, 7) is 2.95. The molecule has 0 aromatic heterocycles. The molecule has 1 atom stereocenters. The van der Waals surface area contributed by atoms with Crippen molar-refractivity contribution < 1.29 is 9.90 Å². The van der Waals surface area contributed by atoms with E-state index in [2.05, 4.69) is 16.3 Å². The zero-order valence-corrected chi connectivity index (χ0v) is 13.0. The second-order valence-corrected chi connectivity index (χ2v) is 6.20. The molecule has 0 radical (unpaired) electrons. The van der Waals surface area contributed by atoms with Crippen LogP contribution in [0.4, 0.5) is 16.2 Å². The highest BCUT2D eigenvalue weighted by atomic mass is 16.3. The number of hydrogen-bond acceptors (Lipinski definition) is 3. The first-order valence-electron chi connectivity index (χ1n) is 8.31. The lowest BCUT2D eigenvalue weighted by atomic mass is 10.1. The van der Waals surface area contributed by atoms with E-state index in [4.69, 9.17) is 0 Å². The smallest absolute Gasteiger partial charge is 0.322 e. The number of hydrogen-bond donors (Lipinski definition) is 2. The molecule has 0 spiro atoms. The quantitative estimate of drug-likeness (QED) is 0.902. The fourth-order valence-corrected chi connectivity index (χ4v) is 3.42. The van der Waals surface area contributed by atoms with Crippen molar-refractivity contribution in [2.24, 2.45) is 0 Å². The normalized spacial score (nSPS) is 22.0. The van der Waals surface area contributed by atoms with E-state index in [0.717, 1.165) is 38.2 Å². The Balaban J connectivity index is 1.66. The number of carbonyl (C=O) groups is 1. The minimum atomic E-state index is -0.104. The number of rotatable bonds is 3. The zero-order chi connectivity index (χ0) is 15.4. The maximum absolute atomic E-state index is 12.4. The van der Waals surface area contributed by atoms with Gasteiger partial charge in [0.05, 0.1) is 12.6 Å². The SMILES string of the molecule is O=C(Nc1cccc(N2CCCCC2)c1)N1CCC[C@H]1CO. The van der Waals surface area contributed by atoms with Gasteiger partial charge in [0.1, 0.15) is 0 Å². The molecular formula is C17H25N3O2. The molecule has 1 aromatic carbocycles. The number of aliphatic hydroxyl groups excluding tert-OH is 1. The summed E-state index contributed by atoms with van der Waals surface area (Å²) in [7, 11) is 0. The highest BCUT2D eigenvalue weighted by Crippen LogP contribution is 2.24. The predicted octanol–water partition coefficient (Wildman–Crippen LogP) is 2.67. The van der Waals surface area contributed by atoms with Crippen molar-refractivity contribution in [1.82, 2.24) is 4.90 Å². The van der Waals surface area contributed by atoms with Crippen LogP contribution in [0, 0.1) is 0 Å². The number of urea groups is 1. The first-order chi connectivity index (χ1) is 10.8. The molecule has 1 aromatic rings. The van der Waals surface area contributed by atoms with Crippen LogP contribution in [0.15, 0.2) is 24.3 Å². The largest absolute Gasteiger partial charge is 0.394 e. The Kier molecular flexibility index (Phi) is 4.83. The van der Waals surface area contributed by atoms with Crippen molar-refractivity contribution in [1.29, 1.82) is 0 Å². The molecule has 0 aliphatic carbocycles. The average molecular weight is 303 g/mol. The number of anilines is 2. The van der Waals surface area contributed by atoms with Crippen molar-refractivity contribution in [3.8, 4) is 0 Å². The molecule has 5 nitrogen and oxygen atoms in total. The maximum Gasteiger partial charge on any atom is 0.322 e. The third-order valence-electron chi connectivity index (χ3n) is 4.67. The molecule has 22 heavy (non-hydrogen) atoms. The van der Waals surface area contributed by atoms with Crippen LogP contribution in [0.3, 0.4) is 0 Å². The first kappa shape index (κ1) is 15.2. The summed E-state index contributed by atoms with van der Waals surface area (Å²) in [4.78, 5) is 16.5. The Morgan fingerprint density at radius 3 is 2.77 bits per heavy atom. The van der Waals surface area contributed by atoms with Crippen LogP contribution in [0.2, 0.25) is 0 Å². The van der Waals surface area contributed by atoms with Gasteiger partial charge in [-0.05, 0) is 50.3 Å². The van der Waals surface area contributed by atoms with Crippen molar-refractivity contribution in [3.63, 3.8) is 0 Å². The van der Waals surface area contributed by atoms with Crippen LogP contribution in [-0.4, -0.2) is 48.3 Å². The fraction of sp³-hybridized carbons (Fsp3) is 0.588. The molecule has 2 amide bonds.